The molecule has 0 bridgehead atoms. The van der Waals surface area contributed by atoms with Crippen LogP contribution in [-0.2, 0) is 14.8 Å². The molecule has 8 heteroatoms. The molecule has 0 heterocycles. The van der Waals surface area contributed by atoms with E-state index in [0.717, 1.165) is 0 Å². The number of carbonyl (C=O) groups excluding carboxylic acids is 1. The lowest BCUT2D eigenvalue weighted by Crippen LogP contribution is -2.42. The minimum absolute atomic E-state index is 0.0476. The van der Waals surface area contributed by atoms with Gasteiger partial charge in [0.15, 0.2) is 6.61 Å². The van der Waals surface area contributed by atoms with Crippen LogP contribution in [-0.4, -0.2) is 32.2 Å². The number of anilines is 1. The first kappa shape index (κ1) is 21.2. The fourth-order valence-electron chi connectivity index (χ4n) is 3.06. The maximum atomic E-state index is 12.5. The number of ether oxygens (including phenoxy) is 1. The van der Waals surface area contributed by atoms with Crippen LogP contribution in [0.15, 0.2) is 24.3 Å². The molecule has 27 heavy (non-hydrogen) atoms. The molecule has 7 nitrogen and oxygen atoms in total. The highest BCUT2D eigenvalue weighted by molar-refractivity contribution is 7.90. The Labute approximate surface area is 161 Å². The van der Waals surface area contributed by atoms with Crippen molar-refractivity contribution in [3.05, 3.63) is 24.3 Å². The summed E-state index contributed by atoms with van der Waals surface area (Å²) < 4.78 is 32.4. The molecule has 1 fully saturated rings. The second-order valence-corrected chi connectivity index (χ2v) is 9.02. The van der Waals surface area contributed by atoms with Crippen molar-refractivity contribution < 1.29 is 17.9 Å². The third-order valence-corrected chi connectivity index (χ3v) is 6.99. The second-order valence-electron chi connectivity index (χ2n) is 6.89. The fraction of sp³-hybridized carbons (Fsp3) is 0.579. The number of nitrogens with one attached hydrogen (secondary N) is 2. The molecule has 1 unspecified atom stereocenters. The number of hydrogen-bond acceptors (Lipinski definition) is 5. The first-order valence-corrected chi connectivity index (χ1v) is 10.8. The Hall–Kier alpha value is -2.11. The highest BCUT2D eigenvalue weighted by Crippen LogP contribution is 2.27. The number of amides is 1. The molecule has 2 rings (SSSR count). The highest BCUT2D eigenvalue weighted by atomic mass is 32.2. The van der Waals surface area contributed by atoms with Crippen LogP contribution >= 0.6 is 0 Å². The van der Waals surface area contributed by atoms with Gasteiger partial charge >= 0.3 is 0 Å². The molecular weight excluding hydrogens is 366 g/mol. The molecule has 1 saturated carbocycles. The molecule has 0 aromatic heterocycles. The van der Waals surface area contributed by atoms with Crippen molar-refractivity contribution >= 4 is 21.6 Å². The van der Waals surface area contributed by atoms with E-state index in [1.54, 1.807) is 31.2 Å². The normalized spacial score (nSPS) is 21.1. The molecule has 1 atom stereocenters. The molecule has 0 radical (unpaired) electrons. The summed E-state index contributed by atoms with van der Waals surface area (Å²) in [5, 5.41) is 11.0. The van der Waals surface area contributed by atoms with E-state index in [-0.39, 0.29) is 24.5 Å². The highest BCUT2D eigenvalue weighted by Gasteiger charge is 2.30. The van der Waals surface area contributed by atoms with E-state index in [2.05, 4.69) is 10.0 Å². The van der Waals surface area contributed by atoms with E-state index in [4.69, 9.17) is 10.00 Å². The zero-order chi connectivity index (χ0) is 19.9. The zero-order valence-corrected chi connectivity index (χ0v) is 16.6. The van der Waals surface area contributed by atoms with E-state index in [1.807, 2.05) is 13.0 Å². The van der Waals surface area contributed by atoms with Gasteiger partial charge in [0.1, 0.15) is 11.8 Å². The van der Waals surface area contributed by atoms with Crippen LogP contribution in [0.4, 0.5) is 5.69 Å². The van der Waals surface area contributed by atoms with Crippen molar-refractivity contribution in [3.63, 3.8) is 0 Å². The summed E-state index contributed by atoms with van der Waals surface area (Å²) in [5.41, 5.74) is 0.620. The molecule has 0 spiro atoms. The van der Waals surface area contributed by atoms with Gasteiger partial charge in [0.25, 0.3) is 0 Å². The number of nitriles is 1. The molecular formula is C19H27N3O4S. The summed E-state index contributed by atoms with van der Waals surface area (Å²) in [6, 6.07) is 8.72. The van der Waals surface area contributed by atoms with Crippen molar-refractivity contribution in [3.8, 4) is 11.8 Å². The number of sulfonamides is 1. The maximum absolute atomic E-state index is 12.5. The van der Waals surface area contributed by atoms with Crippen LogP contribution in [0.3, 0.4) is 0 Å². The smallest absolute Gasteiger partial charge is 0.227 e. The molecule has 1 aliphatic rings. The predicted octanol–water partition coefficient (Wildman–Crippen LogP) is 2.80. The van der Waals surface area contributed by atoms with Gasteiger partial charge in [-0.05, 0) is 51.2 Å². The summed E-state index contributed by atoms with van der Waals surface area (Å²) in [5.74, 6) is 0.311. The average molecular weight is 394 g/mol. The number of benzene rings is 1. The molecule has 2 N–H and O–H groups in total. The van der Waals surface area contributed by atoms with Crippen molar-refractivity contribution in [2.24, 2.45) is 5.92 Å². The van der Waals surface area contributed by atoms with Crippen molar-refractivity contribution in [2.45, 2.75) is 57.2 Å². The third kappa shape index (κ3) is 6.22. The maximum Gasteiger partial charge on any atom is 0.227 e. The largest absolute Gasteiger partial charge is 0.479 e. The lowest BCUT2D eigenvalue weighted by atomic mass is 9.86. The van der Waals surface area contributed by atoms with Gasteiger partial charge in [-0.1, -0.05) is 13.0 Å². The van der Waals surface area contributed by atoms with Gasteiger partial charge in [0.05, 0.1) is 5.25 Å². The molecule has 1 aromatic rings. The van der Waals surface area contributed by atoms with Gasteiger partial charge < -0.3 is 10.1 Å². The number of nitrogens with zero attached hydrogens (tertiary/aromatic N) is 1. The summed E-state index contributed by atoms with van der Waals surface area (Å²) in [6.45, 7) is 3.51. The average Bonchev–Trinajstić information content (AvgIpc) is 2.66. The number of carbonyl (C=O) groups is 1. The van der Waals surface area contributed by atoms with E-state index in [1.165, 1.54) is 0 Å². The summed E-state index contributed by atoms with van der Waals surface area (Å²) in [4.78, 5) is 12.5. The van der Waals surface area contributed by atoms with Crippen molar-refractivity contribution in [2.75, 3.05) is 11.9 Å². The van der Waals surface area contributed by atoms with Gasteiger partial charge in [-0.2, -0.15) is 5.26 Å². The molecule has 1 aliphatic carbocycles. The lowest BCUT2D eigenvalue weighted by molar-refractivity contribution is -0.120. The standard InChI is InChI=1S/C19H27N3O4S/c1-3-14(2)27(24,25)22-16-9-7-15(8-10-16)19(23)21-17-5-4-6-18(13-17)26-12-11-20/h4-6,13-16,22H,3,7-10,12H2,1-2H3,(H,21,23). The number of rotatable bonds is 8. The van der Waals surface area contributed by atoms with Crippen molar-refractivity contribution in [1.29, 1.82) is 5.26 Å². The van der Waals surface area contributed by atoms with Gasteiger partial charge in [-0.25, -0.2) is 13.1 Å². The van der Waals surface area contributed by atoms with Crippen LogP contribution in [0, 0.1) is 17.2 Å². The quantitative estimate of drug-likeness (QED) is 0.706. The van der Waals surface area contributed by atoms with Crippen LogP contribution in [0.2, 0.25) is 0 Å². The second kappa shape index (κ2) is 9.72. The lowest BCUT2D eigenvalue weighted by Gasteiger charge is -2.29. The first-order valence-electron chi connectivity index (χ1n) is 9.27. The van der Waals surface area contributed by atoms with E-state index < -0.39 is 15.3 Å². The molecule has 1 aromatic carbocycles. The topological polar surface area (TPSA) is 108 Å². The molecule has 0 saturated heterocycles. The van der Waals surface area contributed by atoms with Crippen LogP contribution in [0.5, 0.6) is 5.75 Å². The summed E-state index contributed by atoms with van der Waals surface area (Å²) >= 11 is 0. The SMILES string of the molecule is CCC(C)S(=O)(=O)NC1CCC(C(=O)Nc2cccc(OCC#N)c2)CC1. The number of hydrogen-bond donors (Lipinski definition) is 2. The van der Waals surface area contributed by atoms with Crippen LogP contribution in [0.25, 0.3) is 0 Å². The summed E-state index contributed by atoms with van der Waals surface area (Å²) in [6.07, 6.45) is 3.16. The fourth-order valence-corrected chi connectivity index (χ4v) is 4.44. The van der Waals surface area contributed by atoms with Gasteiger partial charge in [0, 0.05) is 23.7 Å². The Morgan fingerprint density at radius 3 is 2.67 bits per heavy atom. The predicted molar refractivity (Wildman–Crippen MR) is 104 cm³/mol. The molecule has 1 amide bonds. The minimum Gasteiger partial charge on any atom is -0.479 e. The van der Waals surface area contributed by atoms with E-state index >= 15 is 0 Å². The Bertz CT molecular complexity index is 780. The van der Waals surface area contributed by atoms with E-state index in [9.17, 15) is 13.2 Å². The minimum atomic E-state index is -3.30. The van der Waals surface area contributed by atoms with Gasteiger partial charge in [0.2, 0.25) is 15.9 Å². The van der Waals surface area contributed by atoms with Crippen molar-refractivity contribution in [1.82, 2.24) is 4.72 Å². The Balaban J connectivity index is 1.86. The zero-order valence-electron chi connectivity index (χ0n) is 15.8. The Morgan fingerprint density at radius 2 is 2.04 bits per heavy atom. The summed E-state index contributed by atoms with van der Waals surface area (Å²) in [7, 11) is -3.30. The molecule has 0 aliphatic heterocycles. The van der Waals surface area contributed by atoms with Gasteiger partial charge in [-0.15, -0.1) is 0 Å². The Kier molecular flexibility index (Phi) is 7.63. The van der Waals surface area contributed by atoms with Crippen LogP contribution < -0.4 is 14.8 Å². The van der Waals surface area contributed by atoms with E-state index in [0.29, 0.717) is 43.5 Å². The van der Waals surface area contributed by atoms with Gasteiger partial charge in [-0.3, -0.25) is 4.79 Å². The third-order valence-electron chi connectivity index (χ3n) is 4.94. The first-order chi connectivity index (χ1) is 12.9. The van der Waals surface area contributed by atoms with Crippen LogP contribution in [0.1, 0.15) is 46.0 Å². The Morgan fingerprint density at radius 1 is 1.33 bits per heavy atom. The monoisotopic (exact) mass is 393 g/mol. The molecule has 148 valence electrons.